The number of fused-ring (bicyclic) bond motifs is 1. The fourth-order valence-electron chi connectivity index (χ4n) is 4.93. The van der Waals surface area contributed by atoms with E-state index in [0.29, 0.717) is 38.4 Å². The highest BCUT2D eigenvalue weighted by atomic mass is 32.2. The average Bonchev–Trinajstić information content (AvgIpc) is 3.49. The molecule has 0 bridgehead atoms. The number of hydrogen-bond donors (Lipinski definition) is 2. The summed E-state index contributed by atoms with van der Waals surface area (Å²) >= 11 is 0.926. The first-order chi connectivity index (χ1) is 19.6. The first-order valence-electron chi connectivity index (χ1n) is 13.1. The summed E-state index contributed by atoms with van der Waals surface area (Å²) in [5, 5.41) is 11.5. The standard InChI is InChI=1S/C26H33N9O4S2/c1-16(30-23-20-8-6-7-19(22(20)27-15-28-23)21-13-29-33(4)18(21)3)14-34-9-11-35(12-10-34)41(37,38)24-17(2)31-25(40-24)32-26(36)39-5/h6-8,13,15-16H,9-12,14H2,1-5H3,(H,27,28,30)(H,31,32,36). The zero-order chi connectivity index (χ0) is 29.3. The molecule has 1 aromatic carbocycles. The predicted molar refractivity (Wildman–Crippen MR) is 158 cm³/mol. The minimum atomic E-state index is -3.74. The number of nitrogens with zero attached hydrogens (tertiary/aromatic N) is 7. The lowest BCUT2D eigenvalue weighted by molar-refractivity contribution is 0.184. The Hall–Kier alpha value is -3.66. The van der Waals surface area contributed by atoms with Crippen LogP contribution in [0.5, 0.6) is 0 Å². The summed E-state index contributed by atoms with van der Waals surface area (Å²) in [5.74, 6) is 0.754. The van der Waals surface area contributed by atoms with E-state index in [0.717, 1.165) is 44.9 Å². The lowest BCUT2D eigenvalue weighted by atomic mass is 10.0. The Morgan fingerprint density at radius 3 is 2.59 bits per heavy atom. The van der Waals surface area contributed by atoms with Crippen LogP contribution in [0.2, 0.25) is 0 Å². The van der Waals surface area contributed by atoms with E-state index < -0.39 is 16.1 Å². The molecule has 0 spiro atoms. The molecule has 2 N–H and O–H groups in total. The molecule has 1 aliphatic rings. The van der Waals surface area contributed by atoms with Gasteiger partial charge in [-0.1, -0.05) is 23.5 Å². The summed E-state index contributed by atoms with van der Waals surface area (Å²) in [6.45, 7) is 8.35. The quantitative estimate of drug-likeness (QED) is 0.310. The molecular formula is C26H33N9O4S2. The number of aromatic nitrogens is 5. The molecule has 1 aliphatic heterocycles. The summed E-state index contributed by atoms with van der Waals surface area (Å²) < 4.78 is 34.7. The number of para-hydroxylation sites is 1. The average molecular weight is 600 g/mol. The molecule has 4 heterocycles. The third kappa shape index (κ3) is 5.88. The number of nitrogens with one attached hydrogen (secondary N) is 2. The molecule has 1 atom stereocenters. The van der Waals surface area contributed by atoms with Crippen molar-refractivity contribution in [1.29, 1.82) is 0 Å². The number of aryl methyl sites for hydroxylation is 2. The van der Waals surface area contributed by atoms with E-state index >= 15 is 0 Å². The fourth-order valence-corrected chi connectivity index (χ4v) is 7.89. The maximum atomic E-state index is 13.3. The zero-order valence-electron chi connectivity index (χ0n) is 23.6. The molecule has 5 rings (SSSR count). The van der Waals surface area contributed by atoms with Crippen molar-refractivity contribution < 1.29 is 17.9 Å². The van der Waals surface area contributed by atoms with Crippen molar-refractivity contribution in [2.45, 2.75) is 31.0 Å². The highest BCUT2D eigenvalue weighted by Gasteiger charge is 2.32. The number of methoxy groups -OCH3 is 1. The Morgan fingerprint density at radius 2 is 1.90 bits per heavy atom. The molecule has 1 amide bonds. The van der Waals surface area contributed by atoms with Crippen molar-refractivity contribution in [3.05, 3.63) is 42.1 Å². The van der Waals surface area contributed by atoms with E-state index in [9.17, 15) is 13.2 Å². The number of carbonyl (C=O) groups excluding carboxylic acids is 1. The summed E-state index contributed by atoms with van der Waals surface area (Å²) in [4.78, 5) is 27.0. The van der Waals surface area contributed by atoms with Crippen LogP contribution in [0.3, 0.4) is 0 Å². The van der Waals surface area contributed by atoms with Crippen LogP contribution in [0, 0.1) is 13.8 Å². The van der Waals surface area contributed by atoms with Gasteiger partial charge in [0, 0.05) is 68.0 Å². The molecule has 1 unspecified atom stereocenters. The smallest absolute Gasteiger partial charge is 0.413 e. The zero-order valence-corrected chi connectivity index (χ0v) is 25.2. The molecule has 15 heteroatoms. The molecule has 1 saturated heterocycles. The summed E-state index contributed by atoms with van der Waals surface area (Å²) in [6.07, 6.45) is 2.73. The van der Waals surface area contributed by atoms with Gasteiger partial charge in [0.1, 0.15) is 12.1 Å². The lowest BCUT2D eigenvalue weighted by Gasteiger charge is -2.35. The van der Waals surface area contributed by atoms with Crippen molar-refractivity contribution in [3.63, 3.8) is 0 Å². The van der Waals surface area contributed by atoms with Gasteiger partial charge in [-0.3, -0.25) is 14.9 Å². The normalized spacial score (nSPS) is 15.6. The minimum Gasteiger partial charge on any atom is -0.453 e. The minimum absolute atomic E-state index is 0.0516. The van der Waals surface area contributed by atoms with Gasteiger partial charge in [-0.05, 0) is 26.8 Å². The van der Waals surface area contributed by atoms with Crippen LogP contribution in [0.4, 0.5) is 15.7 Å². The topological polar surface area (TPSA) is 147 Å². The fraction of sp³-hybridized carbons (Fsp3) is 0.423. The molecule has 41 heavy (non-hydrogen) atoms. The van der Waals surface area contributed by atoms with Gasteiger partial charge in [0.25, 0.3) is 10.0 Å². The number of benzene rings is 1. The van der Waals surface area contributed by atoms with Gasteiger partial charge in [0.15, 0.2) is 9.34 Å². The van der Waals surface area contributed by atoms with E-state index in [1.807, 2.05) is 43.0 Å². The monoisotopic (exact) mass is 599 g/mol. The molecule has 1 fully saturated rings. The first-order valence-corrected chi connectivity index (χ1v) is 15.4. The van der Waals surface area contributed by atoms with Gasteiger partial charge >= 0.3 is 6.09 Å². The number of piperazine rings is 1. The molecular weight excluding hydrogens is 566 g/mol. The van der Waals surface area contributed by atoms with Crippen LogP contribution in [0.15, 0.2) is 34.9 Å². The highest BCUT2D eigenvalue weighted by molar-refractivity contribution is 7.91. The summed E-state index contributed by atoms with van der Waals surface area (Å²) in [5.41, 5.74) is 4.31. The Bertz CT molecular complexity index is 1680. The number of thiazole rings is 1. The highest BCUT2D eigenvalue weighted by Crippen LogP contribution is 2.32. The van der Waals surface area contributed by atoms with Crippen molar-refractivity contribution in [3.8, 4) is 11.1 Å². The number of anilines is 2. The van der Waals surface area contributed by atoms with Crippen molar-refractivity contribution in [1.82, 2.24) is 33.9 Å². The third-order valence-electron chi connectivity index (χ3n) is 7.16. The van der Waals surface area contributed by atoms with Gasteiger partial charge < -0.3 is 10.1 Å². The van der Waals surface area contributed by atoms with Gasteiger partial charge in [0.2, 0.25) is 0 Å². The van der Waals surface area contributed by atoms with Crippen LogP contribution in [0.25, 0.3) is 22.0 Å². The second kappa shape index (κ2) is 11.7. The number of rotatable bonds is 8. The van der Waals surface area contributed by atoms with E-state index in [2.05, 4.69) is 47.2 Å². The molecule has 4 aromatic rings. The van der Waals surface area contributed by atoms with E-state index in [1.54, 1.807) is 13.3 Å². The molecule has 0 saturated carbocycles. The third-order valence-corrected chi connectivity index (χ3v) is 10.7. The second-order valence-electron chi connectivity index (χ2n) is 9.95. The van der Waals surface area contributed by atoms with Crippen LogP contribution >= 0.6 is 11.3 Å². The van der Waals surface area contributed by atoms with Gasteiger partial charge in [-0.2, -0.15) is 9.40 Å². The molecule has 3 aromatic heterocycles. The number of carbonyl (C=O) groups is 1. The predicted octanol–water partition coefficient (Wildman–Crippen LogP) is 3.09. The van der Waals surface area contributed by atoms with Gasteiger partial charge in [0.05, 0.1) is 24.5 Å². The van der Waals surface area contributed by atoms with Crippen LogP contribution in [0.1, 0.15) is 18.3 Å². The summed E-state index contributed by atoms with van der Waals surface area (Å²) in [6, 6.07) is 6.11. The Labute approximate surface area is 242 Å². The number of ether oxygens (including phenoxy) is 1. The summed E-state index contributed by atoms with van der Waals surface area (Å²) in [7, 11) is -0.579. The van der Waals surface area contributed by atoms with Crippen LogP contribution in [-0.2, 0) is 21.8 Å². The van der Waals surface area contributed by atoms with E-state index in [4.69, 9.17) is 0 Å². The Kier molecular flexibility index (Phi) is 8.22. The molecule has 218 valence electrons. The molecule has 0 aliphatic carbocycles. The maximum absolute atomic E-state index is 13.3. The Balaban J connectivity index is 1.23. The van der Waals surface area contributed by atoms with Gasteiger partial charge in [-0.15, -0.1) is 0 Å². The number of hydrogen-bond acceptors (Lipinski definition) is 11. The lowest BCUT2D eigenvalue weighted by Crippen LogP contribution is -2.50. The molecule has 13 nitrogen and oxygen atoms in total. The maximum Gasteiger partial charge on any atom is 0.413 e. The SMILES string of the molecule is COC(=O)Nc1nc(C)c(S(=O)(=O)N2CCN(CC(C)Nc3ncnc4c(-c5cnn(C)c5C)cccc34)CC2)s1. The van der Waals surface area contributed by atoms with E-state index in [1.165, 1.54) is 11.4 Å². The largest absolute Gasteiger partial charge is 0.453 e. The molecule has 0 radical (unpaired) electrons. The number of sulfonamides is 1. The second-order valence-corrected chi connectivity index (χ2v) is 13.1. The number of amides is 1. The Morgan fingerprint density at radius 1 is 1.15 bits per heavy atom. The van der Waals surface area contributed by atoms with Crippen LogP contribution in [-0.4, -0.2) is 94.3 Å². The van der Waals surface area contributed by atoms with Crippen molar-refractivity contribution in [2.75, 3.05) is 50.5 Å². The first kappa shape index (κ1) is 28.9. The van der Waals surface area contributed by atoms with Gasteiger partial charge in [-0.25, -0.2) is 28.2 Å². The van der Waals surface area contributed by atoms with Crippen LogP contribution < -0.4 is 10.6 Å². The van der Waals surface area contributed by atoms with E-state index in [-0.39, 0.29) is 15.4 Å². The van der Waals surface area contributed by atoms with Crippen molar-refractivity contribution in [2.24, 2.45) is 7.05 Å². The van der Waals surface area contributed by atoms with Crippen molar-refractivity contribution >= 4 is 49.3 Å².